The summed E-state index contributed by atoms with van der Waals surface area (Å²) in [5.74, 6) is 0. The lowest BCUT2D eigenvalue weighted by atomic mass is 9.97. The van der Waals surface area contributed by atoms with E-state index in [1.807, 2.05) is 17.4 Å². The van der Waals surface area contributed by atoms with Crippen molar-refractivity contribution in [1.29, 1.82) is 0 Å². The number of para-hydroxylation sites is 3. The highest BCUT2D eigenvalue weighted by Crippen LogP contribution is 2.46. The maximum Gasteiger partial charge on any atom is 0.143 e. The van der Waals surface area contributed by atoms with Crippen LogP contribution in [0.2, 0.25) is 0 Å². The van der Waals surface area contributed by atoms with Crippen molar-refractivity contribution in [1.82, 2.24) is 0 Å². The second-order valence-corrected chi connectivity index (χ2v) is 15.1. The van der Waals surface area contributed by atoms with E-state index in [0.717, 1.165) is 50.1 Å². The van der Waals surface area contributed by atoms with Crippen molar-refractivity contribution < 1.29 is 4.42 Å². The first kappa shape index (κ1) is 31.6. The van der Waals surface area contributed by atoms with Crippen LogP contribution in [-0.4, -0.2) is 0 Å². The molecule has 0 saturated heterocycles. The summed E-state index contributed by atoms with van der Waals surface area (Å²) in [5, 5.41) is 7.34. The van der Waals surface area contributed by atoms with Crippen molar-refractivity contribution >= 4 is 81.3 Å². The van der Waals surface area contributed by atoms with Crippen LogP contribution in [0.25, 0.3) is 86.3 Å². The first-order valence-corrected chi connectivity index (χ1v) is 19.5. The fourth-order valence-corrected chi connectivity index (χ4v) is 9.58. The van der Waals surface area contributed by atoms with Crippen molar-refractivity contribution in [2.75, 3.05) is 4.90 Å². The molecule has 11 aromatic rings. The second-order valence-electron chi connectivity index (χ2n) is 14.0. The summed E-state index contributed by atoms with van der Waals surface area (Å²) in [6.45, 7) is 0. The first-order valence-electron chi connectivity index (χ1n) is 18.7. The van der Waals surface area contributed by atoms with Crippen LogP contribution in [0, 0.1) is 0 Å². The van der Waals surface area contributed by atoms with Crippen LogP contribution in [0.5, 0.6) is 0 Å². The van der Waals surface area contributed by atoms with Crippen molar-refractivity contribution in [2.24, 2.45) is 0 Å². The summed E-state index contributed by atoms with van der Waals surface area (Å²) in [5.41, 5.74) is 12.0. The number of hydrogen-bond acceptors (Lipinski definition) is 3. The molecule has 0 N–H and O–H groups in total. The molecule has 11 rings (SSSR count). The minimum Gasteiger partial charge on any atom is -0.455 e. The normalized spacial score (nSPS) is 11.6. The molecule has 0 radical (unpaired) electrons. The summed E-state index contributed by atoms with van der Waals surface area (Å²) in [4.78, 5) is 2.40. The molecule has 2 aromatic heterocycles. The monoisotopic (exact) mass is 719 g/mol. The van der Waals surface area contributed by atoms with Crippen LogP contribution in [0.1, 0.15) is 0 Å². The molecule has 9 aromatic carbocycles. The zero-order valence-corrected chi connectivity index (χ0v) is 30.6. The Bertz CT molecular complexity index is 3220. The number of thiophene rings is 1. The second kappa shape index (κ2) is 12.9. The molecular weight excluding hydrogens is 687 g/mol. The number of hydrogen-bond donors (Lipinski definition) is 0. The van der Waals surface area contributed by atoms with Gasteiger partial charge in [-0.05, 0) is 75.5 Å². The van der Waals surface area contributed by atoms with Gasteiger partial charge in [0.05, 0.1) is 5.69 Å². The van der Waals surface area contributed by atoms with Crippen LogP contribution >= 0.6 is 11.3 Å². The van der Waals surface area contributed by atoms with E-state index in [-0.39, 0.29) is 0 Å². The molecule has 2 heterocycles. The number of rotatable bonds is 6. The van der Waals surface area contributed by atoms with E-state index in [0.29, 0.717) is 0 Å². The average Bonchev–Trinajstić information content (AvgIpc) is 3.83. The van der Waals surface area contributed by atoms with Crippen LogP contribution in [0.15, 0.2) is 205 Å². The van der Waals surface area contributed by atoms with Gasteiger partial charge in [0.25, 0.3) is 0 Å². The highest BCUT2D eigenvalue weighted by molar-refractivity contribution is 7.26. The van der Waals surface area contributed by atoms with Gasteiger partial charge < -0.3 is 9.32 Å². The molecule has 55 heavy (non-hydrogen) atoms. The summed E-state index contributed by atoms with van der Waals surface area (Å²) in [6, 6.07) is 72.1. The Morgan fingerprint density at radius 2 is 1.02 bits per heavy atom. The Hall–Kier alpha value is -6.94. The third-order valence-corrected chi connectivity index (χ3v) is 12.1. The molecule has 0 fully saturated rings. The Morgan fingerprint density at radius 3 is 1.93 bits per heavy atom. The van der Waals surface area contributed by atoms with Gasteiger partial charge in [-0.25, -0.2) is 0 Å². The van der Waals surface area contributed by atoms with E-state index in [2.05, 4.69) is 199 Å². The van der Waals surface area contributed by atoms with E-state index in [1.165, 1.54) is 53.2 Å². The Kier molecular flexibility index (Phi) is 7.39. The minimum atomic E-state index is 0.895. The van der Waals surface area contributed by atoms with Gasteiger partial charge in [-0.15, -0.1) is 11.3 Å². The largest absolute Gasteiger partial charge is 0.455 e. The van der Waals surface area contributed by atoms with Gasteiger partial charge in [0.1, 0.15) is 11.2 Å². The summed E-state index contributed by atoms with van der Waals surface area (Å²) in [7, 11) is 0. The number of nitrogens with zero attached hydrogens (tertiary/aromatic N) is 1. The fourth-order valence-electron chi connectivity index (χ4n) is 8.34. The highest BCUT2D eigenvalue weighted by atomic mass is 32.1. The van der Waals surface area contributed by atoms with Gasteiger partial charge >= 0.3 is 0 Å². The van der Waals surface area contributed by atoms with E-state index >= 15 is 0 Å². The standard InChI is InChI=1S/C52H33NOS/c1-2-17-39-34(13-1)14-10-21-40(39)35-29-31-37(32-30-35)53(38-16-9-15-36(33-38)41-22-11-25-47-44-20-5-8-28-50(44)55-52(41)47)48-26-6-3-18-42(48)45-23-12-24-46-43-19-4-7-27-49(43)54-51(45)46/h1-33H. The third-order valence-electron chi connectivity index (χ3n) is 10.9. The SMILES string of the molecule is c1cc(-c2cccc3c2sc2ccccc23)cc(N(c2ccc(-c3cccc4ccccc34)cc2)c2ccccc2-c2cccc3c2oc2ccccc23)c1. The van der Waals surface area contributed by atoms with Gasteiger partial charge in [0.15, 0.2) is 0 Å². The molecule has 0 spiro atoms. The number of furan rings is 1. The third kappa shape index (κ3) is 5.24. The quantitative estimate of drug-likeness (QED) is 0.170. The van der Waals surface area contributed by atoms with Gasteiger partial charge in [0.2, 0.25) is 0 Å². The molecule has 258 valence electrons. The Balaban J connectivity index is 1.11. The molecule has 0 unspecified atom stereocenters. The minimum absolute atomic E-state index is 0.895. The van der Waals surface area contributed by atoms with Crippen molar-refractivity contribution in [2.45, 2.75) is 0 Å². The van der Waals surface area contributed by atoms with E-state index < -0.39 is 0 Å². The molecule has 0 bridgehead atoms. The number of fused-ring (bicyclic) bond motifs is 7. The predicted octanol–water partition coefficient (Wildman–Crippen LogP) is 15.6. The van der Waals surface area contributed by atoms with Gasteiger partial charge in [-0.2, -0.15) is 0 Å². The van der Waals surface area contributed by atoms with E-state index in [9.17, 15) is 0 Å². The van der Waals surface area contributed by atoms with E-state index in [1.54, 1.807) is 0 Å². The van der Waals surface area contributed by atoms with Crippen LogP contribution < -0.4 is 4.90 Å². The van der Waals surface area contributed by atoms with Crippen LogP contribution in [-0.2, 0) is 0 Å². The fraction of sp³-hybridized carbons (Fsp3) is 0. The lowest BCUT2D eigenvalue weighted by molar-refractivity contribution is 0.670. The number of benzene rings is 9. The molecule has 2 nitrogen and oxygen atoms in total. The van der Waals surface area contributed by atoms with Crippen LogP contribution in [0.3, 0.4) is 0 Å². The number of anilines is 3. The van der Waals surface area contributed by atoms with Crippen molar-refractivity contribution in [3.63, 3.8) is 0 Å². The Labute approximate surface area is 322 Å². The summed E-state index contributed by atoms with van der Waals surface area (Å²) < 4.78 is 9.23. The summed E-state index contributed by atoms with van der Waals surface area (Å²) >= 11 is 1.87. The lowest BCUT2D eigenvalue weighted by Crippen LogP contribution is -2.11. The molecule has 0 aliphatic carbocycles. The highest BCUT2D eigenvalue weighted by Gasteiger charge is 2.21. The maximum absolute atomic E-state index is 6.61. The molecule has 0 aliphatic rings. The maximum atomic E-state index is 6.61. The molecule has 3 heteroatoms. The Morgan fingerprint density at radius 1 is 0.382 bits per heavy atom. The molecule has 0 saturated carbocycles. The zero-order chi connectivity index (χ0) is 36.3. The average molecular weight is 720 g/mol. The summed E-state index contributed by atoms with van der Waals surface area (Å²) in [6.07, 6.45) is 0. The smallest absolute Gasteiger partial charge is 0.143 e. The van der Waals surface area contributed by atoms with Gasteiger partial charge in [0, 0.05) is 53.4 Å². The molecule has 0 amide bonds. The molecular formula is C52H33NOS. The predicted molar refractivity (Wildman–Crippen MR) is 235 cm³/mol. The topological polar surface area (TPSA) is 16.4 Å². The van der Waals surface area contributed by atoms with Crippen molar-refractivity contribution in [3.05, 3.63) is 200 Å². The first-order chi connectivity index (χ1) is 27.3. The van der Waals surface area contributed by atoms with E-state index in [4.69, 9.17) is 4.42 Å². The van der Waals surface area contributed by atoms with Gasteiger partial charge in [-0.3, -0.25) is 0 Å². The zero-order valence-electron chi connectivity index (χ0n) is 29.8. The lowest BCUT2D eigenvalue weighted by Gasteiger charge is -2.28. The molecule has 0 aliphatic heterocycles. The van der Waals surface area contributed by atoms with Crippen LogP contribution in [0.4, 0.5) is 17.1 Å². The van der Waals surface area contributed by atoms with Crippen molar-refractivity contribution in [3.8, 4) is 33.4 Å². The molecule has 0 atom stereocenters. The van der Waals surface area contributed by atoms with Gasteiger partial charge in [-0.1, -0.05) is 158 Å².